The number of amides is 1. The quantitative estimate of drug-likeness (QED) is 0.540. The van der Waals surface area contributed by atoms with Crippen molar-refractivity contribution in [2.45, 2.75) is 86.4 Å². The highest BCUT2D eigenvalue weighted by Gasteiger charge is 2.32. The first-order chi connectivity index (χ1) is 11.5. The van der Waals surface area contributed by atoms with Gasteiger partial charge in [0.2, 0.25) is 5.91 Å². The number of hydrogen-bond acceptors (Lipinski definition) is 4. The van der Waals surface area contributed by atoms with Gasteiger partial charge in [-0.15, -0.1) is 0 Å². The van der Waals surface area contributed by atoms with Gasteiger partial charge in [-0.2, -0.15) is 0 Å². The van der Waals surface area contributed by atoms with Gasteiger partial charge in [0.05, 0.1) is 30.8 Å². The van der Waals surface area contributed by atoms with Gasteiger partial charge in [0.15, 0.2) is 0 Å². The van der Waals surface area contributed by atoms with Crippen LogP contribution in [0, 0.1) is 10.8 Å². The molecular formula is C20H39NO5. The lowest BCUT2D eigenvalue weighted by molar-refractivity contribution is -0.151. The standard InChI is InChI=1S/C20H39NO5/c1-17(2,3)13-18(4,5)16(24)21-10-11-25-20(8,9)14-26-19(6,7)12-15(22)23/h10-14H2,1-9H3,(H,21,24)(H,22,23). The minimum absolute atomic E-state index is 0.0210. The summed E-state index contributed by atoms with van der Waals surface area (Å²) in [4.78, 5) is 23.2. The fourth-order valence-corrected chi connectivity index (χ4v) is 2.96. The summed E-state index contributed by atoms with van der Waals surface area (Å²) in [6, 6.07) is 0. The van der Waals surface area contributed by atoms with E-state index in [0.29, 0.717) is 13.2 Å². The Bertz CT molecular complexity index is 475. The van der Waals surface area contributed by atoms with Gasteiger partial charge in [0, 0.05) is 12.0 Å². The van der Waals surface area contributed by atoms with Gasteiger partial charge in [-0.3, -0.25) is 9.59 Å². The van der Waals surface area contributed by atoms with Crippen molar-refractivity contribution in [3.63, 3.8) is 0 Å². The molecule has 0 saturated carbocycles. The first-order valence-corrected chi connectivity index (χ1v) is 9.24. The monoisotopic (exact) mass is 373 g/mol. The Morgan fingerprint density at radius 1 is 0.885 bits per heavy atom. The molecule has 6 heteroatoms. The third kappa shape index (κ3) is 11.5. The van der Waals surface area contributed by atoms with Gasteiger partial charge in [-0.05, 0) is 39.5 Å². The van der Waals surface area contributed by atoms with E-state index in [9.17, 15) is 9.59 Å². The lowest BCUT2D eigenvalue weighted by Crippen LogP contribution is -2.42. The summed E-state index contributed by atoms with van der Waals surface area (Å²) in [7, 11) is 0. The van der Waals surface area contributed by atoms with Crippen molar-refractivity contribution in [3.8, 4) is 0 Å². The zero-order valence-corrected chi connectivity index (χ0v) is 18.1. The number of carboxylic acid groups (broad SMARTS) is 1. The van der Waals surface area contributed by atoms with E-state index in [2.05, 4.69) is 26.1 Å². The number of nitrogens with one attached hydrogen (secondary N) is 1. The minimum atomic E-state index is -0.894. The summed E-state index contributed by atoms with van der Waals surface area (Å²) in [5.74, 6) is -0.873. The van der Waals surface area contributed by atoms with Crippen LogP contribution in [0.2, 0.25) is 0 Å². The molecule has 2 N–H and O–H groups in total. The maximum atomic E-state index is 12.4. The fraction of sp³-hybridized carbons (Fsp3) is 0.900. The molecule has 154 valence electrons. The molecule has 0 radical (unpaired) electrons. The van der Waals surface area contributed by atoms with E-state index in [0.717, 1.165) is 6.42 Å². The number of carbonyl (C=O) groups excluding carboxylic acids is 1. The Balaban J connectivity index is 4.29. The minimum Gasteiger partial charge on any atom is -0.481 e. The zero-order chi connectivity index (χ0) is 20.8. The average molecular weight is 374 g/mol. The highest BCUT2D eigenvalue weighted by Crippen LogP contribution is 2.33. The first-order valence-electron chi connectivity index (χ1n) is 9.24. The third-order valence-electron chi connectivity index (χ3n) is 3.85. The van der Waals surface area contributed by atoms with Crippen LogP contribution in [0.15, 0.2) is 0 Å². The van der Waals surface area contributed by atoms with E-state index in [1.54, 1.807) is 13.8 Å². The average Bonchev–Trinajstić information content (AvgIpc) is 2.37. The van der Waals surface area contributed by atoms with E-state index in [1.807, 2.05) is 27.7 Å². The second-order valence-electron chi connectivity index (χ2n) is 10.1. The van der Waals surface area contributed by atoms with Crippen LogP contribution in [-0.2, 0) is 19.1 Å². The van der Waals surface area contributed by atoms with E-state index >= 15 is 0 Å². The Labute approximate surface area is 159 Å². The Morgan fingerprint density at radius 3 is 1.88 bits per heavy atom. The van der Waals surface area contributed by atoms with Crippen molar-refractivity contribution in [2.75, 3.05) is 19.8 Å². The summed E-state index contributed by atoms with van der Waals surface area (Å²) in [6.45, 7) is 18.6. The van der Waals surface area contributed by atoms with Crippen LogP contribution in [0.25, 0.3) is 0 Å². The number of ether oxygens (including phenoxy) is 2. The first kappa shape index (κ1) is 24.9. The van der Waals surface area contributed by atoms with Crippen LogP contribution in [0.3, 0.4) is 0 Å². The highest BCUT2D eigenvalue weighted by atomic mass is 16.6. The van der Waals surface area contributed by atoms with Gasteiger partial charge < -0.3 is 19.9 Å². The molecule has 0 rings (SSSR count). The summed E-state index contributed by atoms with van der Waals surface area (Å²) >= 11 is 0. The number of carboxylic acids is 1. The smallest absolute Gasteiger partial charge is 0.306 e. The SMILES string of the molecule is CC(C)(C)CC(C)(C)C(=O)NCCOC(C)(C)COC(C)(C)CC(=O)O. The molecule has 6 nitrogen and oxygen atoms in total. The van der Waals surface area contributed by atoms with Gasteiger partial charge in [0.1, 0.15) is 0 Å². The van der Waals surface area contributed by atoms with E-state index in [-0.39, 0.29) is 24.3 Å². The largest absolute Gasteiger partial charge is 0.481 e. The maximum absolute atomic E-state index is 12.4. The highest BCUT2D eigenvalue weighted by molar-refractivity contribution is 5.81. The van der Waals surface area contributed by atoms with Crippen molar-refractivity contribution >= 4 is 11.9 Å². The van der Waals surface area contributed by atoms with Gasteiger partial charge >= 0.3 is 5.97 Å². The van der Waals surface area contributed by atoms with Crippen LogP contribution < -0.4 is 5.32 Å². The number of rotatable bonds is 11. The molecule has 0 aromatic rings. The summed E-state index contributed by atoms with van der Waals surface area (Å²) < 4.78 is 11.5. The van der Waals surface area contributed by atoms with Crippen LogP contribution >= 0.6 is 0 Å². The van der Waals surface area contributed by atoms with Crippen molar-refractivity contribution in [1.29, 1.82) is 0 Å². The Morgan fingerprint density at radius 2 is 1.42 bits per heavy atom. The van der Waals surface area contributed by atoms with E-state index in [4.69, 9.17) is 14.6 Å². The third-order valence-corrected chi connectivity index (χ3v) is 3.85. The predicted molar refractivity (Wildman–Crippen MR) is 103 cm³/mol. The van der Waals surface area contributed by atoms with E-state index in [1.165, 1.54) is 0 Å². The van der Waals surface area contributed by atoms with Crippen molar-refractivity contribution in [1.82, 2.24) is 5.32 Å². The predicted octanol–water partition coefficient (Wildman–Crippen LogP) is 3.63. The molecule has 0 atom stereocenters. The van der Waals surface area contributed by atoms with Crippen LogP contribution in [0.4, 0.5) is 0 Å². The molecule has 0 aliphatic carbocycles. The molecule has 0 heterocycles. The van der Waals surface area contributed by atoms with Crippen molar-refractivity contribution in [3.05, 3.63) is 0 Å². The molecule has 0 unspecified atom stereocenters. The number of hydrogen-bond donors (Lipinski definition) is 2. The molecular weight excluding hydrogens is 334 g/mol. The molecule has 0 fully saturated rings. The fourth-order valence-electron chi connectivity index (χ4n) is 2.96. The van der Waals surface area contributed by atoms with Crippen LogP contribution in [0.1, 0.15) is 75.2 Å². The van der Waals surface area contributed by atoms with Crippen LogP contribution in [-0.4, -0.2) is 47.9 Å². The Hall–Kier alpha value is -1.14. The summed E-state index contributed by atoms with van der Waals surface area (Å²) in [5, 5.41) is 11.8. The zero-order valence-electron chi connectivity index (χ0n) is 18.1. The molecule has 26 heavy (non-hydrogen) atoms. The van der Waals surface area contributed by atoms with Crippen LogP contribution in [0.5, 0.6) is 0 Å². The molecule has 0 aliphatic rings. The molecule has 1 amide bonds. The molecule has 0 spiro atoms. The van der Waals surface area contributed by atoms with Crippen molar-refractivity contribution < 1.29 is 24.2 Å². The molecule has 0 saturated heterocycles. The second-order valence-corrected chi connectivity index (χ2v) is 10.1. The maximum Gasteiger partial charge on any atom is 0.306 e. The normalized spacial score (nSPS) is 13.6. The van der Waals surface area contributed by atoms with Gasteiger partial charge in [-0.1, -0.05) is 34.6 Å². The Kier molecular flexibility index (Phi) is 8.77. The van der Waals surface area contributed by atoms with Crippen molar-refractivity contribution in [2.24, 2.45) is 10.8 Å². The van der Waals surface area contributed by atoms with Gasteiger partial charge in [-0.25, -0.2) is 0 Å². The topological polar surface area (TPSA) is 84.9 Å². The molecule has 0 bridgehead atoms. The number of aliphatic carboxylic acids is 1. The van der Waals surface area contributed by atoms with E-state index < -0.39 is 22.6 Å². The summed E-state index contributed by atoms with van der Waals surface area (Å²) in [5.41, 5.74) is -1.67. The lowest BCUT2D eigenvalue weighted by Gasteiger charge is -2.32. The number of carbonyl (C=O) groups is 2. The lowest BCUT2D eigenvalue weighted by atomic mass is 9.76. The second kappa shape index (κ2) is 9.18. The molecule has 0 aromatic heterocycles. The van der Waals surface area contributed by atoms with Gasteiger partial charge in [0.25, 0.3) is 0 Å². The molecule has 0 aliphatic heterocycles. The molecule has 0 aromatic carbocycles. The summed E-state index contributed by atoms with van der Waals surface area (Å²) in [6.07, 6.45) is 0.729.